The van der Waals surface area contributed by atoms with Gasteiger partial charge in [0.05, 0.1) is 35.9 Å². The summed E-state index contributed by atoms with van der Waals surface area (Å²) in [4.78, 5) is 30.9. The van der Waals surface area contributed by atoms with Crippen molar-refractivity contribution < 1.29 is 72.3 Å². The molecule has 1 saturated heterocycles. The van der Waals surface area contributed by atoms with Crippen LogP contribution in [0.1, 0.15) is 77.2 Å². The summed E-state index contributed by atoms with van der Waals surface area (Å²) in [5, 5.41) is 16.4. The molecule has 2 aromatic carbocycles. The first-order valence-corrected chi connectivity index (χ1v) is 15.6. The van der Waals surface area contributed by atoms with Gasteiger partial charge in [-0.1, -0.05) is 61.4 Å². The second-order valence-electron chi connectivity index (χ2n) is 12.5. The van der Waals surface area contributed by atoms with Crippen molar-refractivity contribution in [2.24, 2.45) is 0 Å². The standard InChI is InChI=1S/C34H41N5O5.K.H/c1-4-7-30-28(20-23-10-12-24(13-11-23)27-8-5-6-9-29(27)37-21-32(40)44-36-37)33(41)38(31-18-19-35-39(30)31)25-14-16-26(17-15-25)43-22-34(2,3)42;;/h5-6,8-13,18-19,25-26,36,42H,4,7,14-17,20-22H2,1-3H3;;/q;+1;-1. The summed E-state index contributed by atoms with van der Waals surface area (Å²) in [6.07, 6.45) is 7.40. The fourth-order valence-corrected chi connectivity index (χ4v) is 6.40. The van der Waals surface area contributed by atoms with Crippen molar-refractivity contribution in [3.63, 3.8) is 0 Å². The molecule has 2 aliphatic rings. The molecule has 0 bridgehead atoms. The van der Waals surface area contributed by atoms with Crippen LogP contribution < -0.4 is 67.5 Å². The van der Waals surface area contributed by atoms with E-state index in [9.17, 15) is 14.7 Å². The molecule has 2 N–H and O–H groups in total. The smallest absolute Gasteiger partial charge is 1.00 e. The molecule has 0 amide bonds. The number of carbonyl (C=O) groups excluding carboxylic acids is 1. The Morgan fingerprint density at radius 2 is 1.80 bits per heavy atom. The van der Waals surface area contributed by atoms with E-state index in [1.54, 1.807) is 25.1 Å². The molecule has 2 aromatic heterocycles. The van der Waals surface area contributed by atoms with Crippen LogP contribution in [0.25, 0.3) is 16.8 Å². The minimum absolute atomic E-state index is 0. The van der Waals surface area contributed by atoms with Crippen LogP contribution in [0.15, 0.2) is 65.6 Å². The maximum absolute atomic E-state index is 14.3. The molecule has 45 heavy (non-hydrogen) atoms. The predicted octanol–water partition coefficient (Wildman–Crippen LogP) is 1.88. The summed E-state index contributed by atoms with van der Waals surface area (Å²) in [6.45, 7) is 6.07. The number of fused-ring (bicyclic) bond motifs is 1. The normalized spacial score (nSPS) is 18.7. The molecule has 2 fully saturated rings. The monoisotopic (exact) mass is 639 g/mol. The van der Waals surface area contributed by atoms with Crippen molar-refractivity contribution in [1.29, 1.82) is 0 Å². The summed E-state index contributed by atoms with van der Waals surface area (Å²) < 4.78 is 9.92. The molecular formula is C34H42KN5O5. The van der Waals surface area contributed by atoms with Crippen LogP contribution in [0.3, 0.4) is 0 Å². The Morgan fingerprint density at radius 3 is 2.47 bits per heavy atom. The Hall–Kier alpha value is -2.35. The molecule has 4 aromatic rings. The zero-order chi connectivity index (χ0) is 30.8. The van der Waals surface area contributed by atoms with E-state index in [0.29, 0.717) is 13.0 Å². The molecule has 234 valence electrons. The number of hydrogen-bond acceptors (Lipinski definition) is 8. The first-order chi connectivity index (χ1) is 21.2. The molecule has 6 rings (SSSR count). The van der Waals surface area contributed by atoms with Gasteiger partial charge in [-0.15, -0.1) is 0 Å². The van der Waals surface area contributed by atoms with E-state index in [-0.39, 0.29) is 83.0 Å². The molecule has 1 aliphatic carbocycles. The fraction of sp³-hybridized carbons (Fsp3) is 0.441. The third-order valence-corrected chi connectivity index (χ3v) is 8.52. The number of nitrogens with one attached hydrogen (secondary N) is 1. The van der Waals surface area contributed by atoms with Crippen molar-refractivity contribution in [2.45, 2.75) is 83.5 Å². The number of aromatic nitrogens is 3. The van der Waals surface area contributed by atoms with Crippen molar-refractivity contribution in [3.8, 4) is 11.1 Å². The summed E-state index contributed by atoms with van der Waals surface area (Å²) in [7, 11) is 0. The first kappa shape index (κ1) is 34.0. The molecule has 0 spiro atoms. The number of rotatable bonds is 10. The van der Waals surface area contributed by atoms with Gasteiger partial charge in [0, 0.05) is 29.7 Å². The fourth-order valence-electron chi connectivity index (χ4n) is 6.40. The number of benzene rings is 2. The number of ether oxygens (including phenoxy) is 1. The van der Waals surface area contributed by atoms with E-state index in [2.05, 4.69) is 41.9 Å². The summed E-state index contributed by atoms with van der Waals surface area (Å²) in [6, 6.07) is 18.1. The quantitative estimate of drug-likeness (QED) is 0.253. The number of hydrazine groups is 1. The van der Waals surface area contributed by atoms with Crippen LogP contribution in [-0.2, 0) is 27.2 Å². The Labute approximate surface area is 307 Å². The van der Waals surface area contributed by atoms with E-state index in [0.717, 1.165) is 77.8 Å². The average molecular weight is 640 g/mol. The van der Waals surface area contributed by atoms with Gasteiger partial charge in [0.15, 0.2) is 0 Å². The van der Waals surface area contributed by atoms with Gasteiger partial charge in [-0.05, 0) is 63.1 Å². The number of carbonyl (C=O) groups is 1. The minimum atomic E-state index is -0.858. The summed E-state index contributed by atoms with van der Waals surface area (Å²) >= 11 is 0. The topological polar surface area (TPSA) is 110 Å². The number of para-hydroxylation sites is 1. The Morgan fingerprint density at radius 1 is 1.07 bits per heavy atom. The van der Waals surface area contributed by atoms with Crippen LogP contribution in [0.4, 0.5) is 5.69 Å². The van der Waals surface area contributed by atoms with E-state index < -0.39 is 5.60 Å². The molecule has 1 aliphatic heterocycles. The molecule has 0 atom stereocenters. The maximum atomic E-state index is 14.3. The Bertz CT molecular complexity index is 1690. The average Bonchev–Trinajstić information content (AvgIpc) is 3.68. The Balaban J connectivity index is 0.00000240. The predicted molar refractivity (Wildman–Crippen MR) is 169 cm³/mol. The van der Waals surface area contributed by atoms with Crippen molar-refractivity contribution in [2.75, 3.05) is 18.2 Å². The second kappa shape index (κ2) is 14.6. The van der Waals surface area contributed by atoms with Gasteiger partial charge in [0.25, 0.3) is 5.56 Å². The van der Waals surface area contributed by atoms with Crippen LogP contribution >= 0.6 is 0 Å². The third-order valence-electron chi connectivity index (χ3n) is 8.52. The van der Waals surface area contributed by atoms with E-state index in [4.69, 9.17) is 9.57 Å². The zero-order valence-corrected chi connectivity index (χ0v) is 29.8. The Kier molecular flexibility index (Phi) is 11.0. The van der Waals surface area contributed by atoms with E-state index in [1.165, 1.54) is 0 Å². The van der Waals surface area contributed by atoms with Gasteiger partial charge in [-0.3, -0.25) is 14.4 Å². The minimum Gasteiger partial charge on any atom is -1.00 e. The van der Waals surface area contributed by atoms with E-state index >= 15 is 0 Å². The van der Waals surface area contributed by atoms with Crippen LogP contribution in [0.5, 0.6) is 0 Å². The van der Waals surface area contributed by atoms with Gasteiger partial charge in [-0.25, -0.2) is 9.31 Å². The van der Waals surface area contributed by atoms with Crippen LogP contribution in [0, 0.1) is 0 Å². The van der Waals surface area contributed by atoms with Crippen molar-refractivity contribution in [1.82, 2.24) is 19.8 Å². The number of aryl methyl sites for hydroxylation is 1. The first-order valence-electron chi connectivity index (χ1n) is 15.6. The molecular weight excluding hydrogens is 598 g/mol. The molecule has 1 saturated carbocycles. The molecule has 0 radical (unpaired) electrons. The number of anilines is 1. The molecule has 0 unspecified atom stereocenters. The zero-order valence-electron chi connectivity index (χ0n) is 27.7. The van der Waals surface area contributed by atoms with E-state index in [1.807, 2.05) is 39.4 Å². The van der Waals surface area contributed by atoms with Crippen molar-refractivity contribution in [3.05, 3.63) is 88.0 Å². The van der Waals surface area contributed by atoms with Crippen LogP contribution in [0.2, 0.25) is 0 Å². The van der Waals surface area contributed by atoms with Gasteiger partial charge in [-0.2, -0.15) is 5.10 Å². The van der Waals surface area contributed by atoms with Crippen LogP contribution in [-0.4, -0.2) is 50.1 Å². The SMILES string of the molecule is CCCc1c(Cc2ccc(-c3ccccc3N3CC(=O)ON3)cc2)c(=O)n(C2CCC(OCC(C)(C)O)CC2)c2ccnn12.[H-].[K+]. The molecule has 11 heteroatoms. The van der Waals surface area contributed by atoms with Gasteiger partial charge in [0.2, 0.25) is 0 Å². The number of aliphatic hydroxyl groups is 1. The molecule has 10 nitrogen and oxygen atoms in total. The third kappa shape index (κ3) is 7.63. The maximum Gasteiger partial charge on any atom is 1.00 e. The second-order valence-corrected chi connectivity index (χ2v) is 12.5. The number of nitrogens with zero attached hydrogens (tertiary/aromatic N) is 4. The largest absolute Gasteiger partial charge is 1.00 e. The van der Waals surface area contributed by atoms with Gasteiger partial charge in [0.1, 0.15) is 12.2 Å². The number of hydrogen-bond donors (Lipinski definition) is 2. The summed E-state index contributed by atoms with van der Waals surface area (Å²) in [5.41, 5.74) is 8.34. The van der Waals surface area contributed by atoms with Gasteiger partial charge >= 0.3 is 57.4 Å². The van der Waals surface area contributed by atoms with Gasteiger partial charge < -0.3 is 16.1 Å². The van der Waals surface area contributed by atoms with Crippen molar-refractivity contribution >= 4 is 17.3 Å². The summed E-state index contributed by atoms with van der Waals surface area (Å²) in [5.74, 6) is -0.329. The molecule has 3 heterocycles.